The summed E-state index contributed by atoms with van der Waals surface area (Å²) in [5, 5.41) is 5.85. The molecular weight excluding hydrogens is 324 g/mol. The number of nitrogens with one attached hydrogen (secondary N) is 2. The molecule has 1 aliphatic carbocycles. The van der Waals surface area contributed by atoms with E-state index in [1.807, 2.05) is 6.07 Å². The maximum absolute atomic E-state index is 12.6. The Morgan fingerprint density at radius 1 is 0.923 bits per heavy atom. The Bertz CT molecular complexity index is 747. The lowest BCUT2D eigenvalue weighted by molar-refractivity contribution is -0.114. The Morgan fingerprint density at radius 3 is 2.19 bits per heavy atom. The molecule has 2 N–H and O–H groups in total. The van der Waals surface area contributed by atoms with Crippen LogP contribution in [-0.4, -0.2) is 18.4 Å². The zero-order chi connectivity index (χ0) is 18.4. The average Bonchev–Trinajstić information content (AvgIpc) is 2.68. The molecular formula is C22H26N2O2. The molecule has 0 spiro atoms. The number of carbonyl (C=O) groups is 2. The van der Waals surface area contributed by atoms with Gasteiger partial charge in [-0.15, -0.1) is 0 Å². The van der Waals surface area contributed by atoms with Gasteiger partial charge in [-0.3, -0.25) is 9.59 Å². The van der Waals surface area contributed by atoms with Gasteiger partial charge in [0, 0.05) is 30.1 Å². The molecule has 3 rings (SSSR count). The highest BCUT2D eigenvalue weighted by atomic mass is 16.2. The lowest BCUT2D eigenvalue weighted by atomic mass is 9.69. The lowest BCUT2D eigenvalue weighted by Crippen LogP contribution is -2.42. The third kappa shape index (κ3) is 4.31. The molecule has 2 aromatic carbocycles. The molecule has 0 unspecified atom stereocenters. The van der Waals surface area contributed by atoms with Crippen LogP contribution in [0.1, 0.15) is 54.9 Å². The minimum atomic E-state index is -0.121. The van der Waals surface area contributed by atoms with E-state index in [1.165, 1.54) is 31.7 Å². The highest BCUT2D eigenvalue weighted by Crippen LogP contribution is 2.38. The molecule has 0 heterocycles. The second kappa shape index (κ2) is 8.17. The van der Waals surface area contributed by atoms with Gasteiger partial charge in [0.2, 0.25) is 5.91 Å². The number of benzene rings is 2. The second-order valence-electron chi connectivity index (χ2n) is 7.15. The van der Waals surface area contributed by atoms with Crippen LogP contribution < -0.4 is 10.6 Å². The van der Waals surface area contributed by atoms with Gasteiger partial charge in [0.15, 0.2) is 0 Å². The van der Waals surface area contributed by atoms with Gasteiger partial charge >= 0.3 is 0 Å². The lowest BCUT2D eigenvalue weighted by Gasteiger charge is -2.38. The molecule has 0 saturated heterocycles. The molecule has 0 aliphatic heterocycles. The van der Waals surface area contributed by atoms with Gasteiger partial charge in [0.25, 0.3) is 5.91 Å². The summed E-state index contributed by atoms with van der Waals surface area (Å²) in [7, 11) is 0. The fraction of sp³-hybridized carbons (Fsp3) is 0.364. The molecule has 1 saturated carbocycles. The van der Waals surface area contributed by atoms with E-state index in [0.717, 1.165) is 12.8 Å². The highest BCUT2D eigenvalue weighted by Gasteiger charge is 2.34. The summed E-state index contributed by atoms with van der Waals surface area (Å²) in [4.78, 5) is 23.7. The van der Waals surface area contributed by atoms with Gasteiger partial charge in [-0.25, -0.2) is 0 Å². The summed E-state index contributed by atoms with van der Waals surface area (Å²) in [5.74, 6) is -0.190. The first-order valence-corrected chi connectivity index (χ1v) is 9.30. The van der Waals surface area contributed by atoms with E-state index >= 15 is 0 Å². The quantitative estimate of drug-likeness (QED) is 0.846. The number of anilines is 1. The molecule has 136 valence electrons. The van der Waals surface area contributed by atoms with E-state index in [9.17, 15) is 9.59 Å². The summed E-state index contributed by atoms with van der Waals surface area (Å²) < 4.78 is 0. The number of hydrogen-bond donors (Lipinski definition) is 2. The summed E-state index contributed by atoms with van der Waals surface area (Å²) in [6.07, 6.45) is 5.90. The smallest absolute Gasteiger partial charge is 0.251 e. The molecule has 0 radical (unpaired) electrons. The zero-order valence-corrected chi connectivity index (χ0v) is 15.3. The van der Waals surface area contributed by atoms with Crippen molar-refractivity contribution in [3.63, 3.8) is 0 Å². The van der Waals surface area contributed by atoms with E-state index in [1.54, 1.807) is 24.3 Å². The average molecular weight is 350 g/mol. The number of carbonyl (C=O) groups excluding carboxylic acids is 2. The number of rotatable bonds is 5. The van der Waals surface area contributed by atoms with Gasteiger partial charge in [0.1, 0.15) is 0 Å². The predicted octanol–water partition coefficient (Wildman–Crippen LogP) is 4.28. The van der Waals surface area contributed by atoms with Crippen LogP contribution >= 0.6 is 0 Å². The SMILES string of the molecule is CC(=O)Nc1ccc(C(=O)NCC2(c3ccccc3)CCCCC2)cc1. The fourth-order valence-corrected chi connectivity index (χ4v) is 3.85. The monoisotopic (exact) mass is 350 g/mol. The zero-order valence-electron chi connectivity index (χ0n) is 15.3. The standard InChI is InChI=1S/C22H26N2O2/c1-17(25)24-20-12-10-18(11-13-20)21(26)23-16-22(14-6-3-7-15-22)19-8-4-2-5-9-19/h2,4-5,8-13H,3,6-7,14-16H2,1H3,(H,23,26)(H,24,25). The van der Waals surface area contributed by atoms with Crippen LogP contribution in [-0.2, 0) is 10.2 Å². The van der Waals surface area contributed by atoms with Crippen LogP contribution in [0, 0.1) is 0 Å². The van der Waals surface area contributed by atoms with Crippen molar-refractivity contribution >= 4 is 17.5 Å². The first-order chi connectivity index (χ1) is 12.6. The summed E-state index contributed by atoms with van der Waals surface area (Å²) >= 11 is 0. The van der Waals surface area contributed by atoms with Gasteiger partial charge in [0.05, 0.1) is 0 Å². The first-order valence-electron chi connectivity index (χ1n) is 9.30. The molecule has 26 heavy (non-hydrogen) atoms. The van der Waals surface area contributed by atoms with Gasteiger partial charge < -0.3 is 10.6 Å². The van der Waals surface area contributed by atoms with Crippen LogP contribution in [0.5, 0.6) is 0 Å². The Morgan fingerprint density at radius 2 is 1.58 bits per heavy atom. The van der Waals surface area contributed by atoms with E-state index < -0.39 is 0 Å². The van der Waals surface area contributed by atoms with Crippen molar-refractivity contribution in [3.05, 3.63) is 65.7 Å². The van der Waals surface area contributed by atoms with Crippen molar-refractivity contribution in [2.45, 2.75) is 44.4 Å². The van der Waals surface area contributed by atoms with Gasteiger partial charge in [-0.1, -0.05) is 49.6 Å². The second-order valence-corrected chi connectivity index (χ2v) is 7.15. The molecule has 2 aromatic rings. The first kappa shape index (κ1) is 18.2. The molecule has 1 fully saturated rings. The minimum absolute atomic E-state index is 0.0330. The Balaban J connectivity index is 1.69. The van der Waals surface area contributed by atoms with Crippen LogP contribution in [0.2, 0.25) is 0 Å². The van der Waals surface area contributed by atoms with Crippen molar-refractivity contribution < 1.29 is 9.59 Å². The van der Waals surface area contributed by atoms with Crippen molar-refractivity contribution in [2.24, 2.45) is 0 Å². The molecule has 0 atom stereocenters. The topological polar surface area (TPSA) is 58.2 Å². The van der Waals surface area contributed by atoms with Crippen molar-refractivity contribution in [2.75, 3.05) is 11.9 Å². The summed E-state index contributed by atoms with van der Waals surface area (Å²) in [6.45, 7) is 2.12. The van der Waals surface area contributed by atoms with Gasteiger partial charge in [-0.2, -0.15) is 0 Å². The van der Waals surface area contributed by atoms with Crippen molar-refractivity contribution in [3.8, 4) is 0 Å². The highest BCUT2D eigenvalue weighted by molar-refractivity contribution is 5.95. The predicted molar refractivity (Wildman–Crippen MR) is 104 cm³/mol. The minimum Gasteiger partial charge on any atom is -0.351 e. The molecule has 4 heteroatoms. The van der Waals surface area contributed by atoms with Crippen LogP contribution in [0.4, 0.5) is 5.69 Å². The van der Waals surface area contributed by atoms with Crippen LogP contribution in [0.3, 0.4) is 0 Å². The van der Waals surface area contributed by atoms with E-state index in [2.05, 4.69) is 34.9 Å². The Kier molecular flexibility index (Phi) is 5.71. The molecule has 0 aromatic heterocycles. The number of amides is 2. The van der Waals surface area contributed by atoms with Crippen LogP contribution in [0.15, 0.2) is 54.6 Å². The maximum atomic E-state index is 12.6. The third-order valence-corrected chi connectivity index (χ3v) is 5.25. The maximum Gasteiger partial charge on any atom is 0.251 e. The van der Waals surface area contributed by atoms with Gasteiger partial charge in [-0.05, 0) is 42.7 Å². The summed E-state index contributed by atoms with van der Waals surface area (Å²) in [5.41, 5.74) is 2.66. The normalized spacial score (nSPS) is 15.9. The van der Waals surface area contributed by atoms with Crippen molar-refractivity contribution in [1.29, 1.82) is 0 Å². The van der Waals surface area contributed by atoms with E-state index in [4.69, 9.17) is 0 Å². The fourth-order valence-electron chi connectivity index (χ4n) is 3.85. The molecule has 0 bridgehead atoms. The van der Waals surface area contributed by atoms with E-state index in [-0.39, 0.29) is 17.2 Å². The third-order valence-electron chi connectivity index (χ3n) is 5.25. The summed E-state index contributed by atoms with van der Waals surface area (Å²) in [6, 6.07) is 17.6. The van der Waals surface area contributed by atoms with E-state index in [0.29, 0.717) is 17.8 Å². The molecule has 2 amide bonds. The Hall–Kier alpha value is -2.62. The van der Waals surface area contributed by atoms with Crippen molar-refractivity contribution in [1.82, 2.24) is 5.32 Å². The number of hydrogen-bond acceptors (Lipinski definition) is 2. The molecule has 4 nitrogen and oxygen atoms in total. The van der Waals surface area contributed by atoms with Crippen LogP contribution in [0.25, 0.3) is 0 Å². The Labute approximate surface area is 155 Å². The largest absolute Gasteiger partial charge is 0.351 e. The molecule has 1 aliphatic rings.